The van der Waals surface area contributed by atoms with E-state index in [1.807, 2.05) is 0 Å². The Hall–Kier alpha value is -1.69. The highest BCUT2D eigenvalue weighted by Crippen LogP contribution is 2.19. The summed E-state index contributed by atoms with van der Waals surface area (Å²) in [6.07, 6.45) is 2.99. The minimum absolute atomic E-state index is 0.0305. The molecule has 0 aromatic carbocycles. The summed E-state index contributed by atoms with van der Waals surface area (Å²) in [5, 5.41) is 22.7. The molecule has 0 radical (unpaired) electrons. The molecule has 1 atom stereocenters. The van der Waals surface area contributed by atoms with Gasteiger partial charge in [-0.3, -0.25) is 10.1 Å². The molecule has 0 bridgehead atoms. The molecule has 1 aromatic rings. The van der Waals surface area contributed by atoms with Gasteiger partial charge in [-0.1, -0.05) is 13.3 Å². The fourth-order valence-corrected chi connectivity index (χ4v) is 1.72. The van der Waals surface area contributed by atoms with E-state index >= 15 is 0 Å². The van der Waals surface area contributed by atoms with Gasteiger partial charge in [0.15, 0.2) is 0 Å². The molecule has 0 fully saturated rings. The average Bonchev–Trinajstić information content (AvgIpc) is 2.34. The highest BCUT2D eigenvalue weighted by atomic mass is 16.6. The van der Waals surface area contributed by atoms with Gasteiger partial charge in [0, 0.05) is 18.7 Å². The fourth-order valence-electron chi connectivity index (χ4n) is 1.72. The van der Waals surface area contributed by atoms with E-state index in [0.717, 1.165) is 12.8 Å². The summed E-state index contributed by atoms with van der Waals surface area (Å²) >= 11 is 0. The Labute approximate surface area is 106 Å². The molecule has 0 aliphatic carbocycles. The molecule has 1 rings (SSSR count). The molecular weight excluding hydrogens is 234 g/mol. The first-order chi connectivity index (χ1) is 8.58. The number of hydrogen-bond donors (Lipinski definition) is 2. The minimum atomic E-state index is -0.438. The first kappa shape index (κ1) is 14.4. The summed E-state index contributed by atoms with van der Waals surface area (Å²) in [5.74, 6) is 1.02. The van der Waals surface area contributed by atoms with E-state index in [1.165, 1.54) is 6.20 Å². The molecule has 0 aliphatic heterocycles. The summed E-state index contributed by atoms with van der Waals surface area (Å²) in [5.41, 5.74) is 0.621. The Balaban J connectivity index is 2.63. The van der Waals surface area contributed by atoms with Crippen molar-refractivity contribution in [2.75, 3.05) is 18.5 Å². The summed E-state index contributed by atoms with van der Waals surface area (Å²) < 4.78 is 0. The molecule has 1 heterocycles. The SMILES string of the molecule is CCC(CCO)CNc1cc(C)c([N+](=O)[O-])cn1. The molecule has 6 nitrogen and oxygen atoms in total. The molecule has 0 saturated heterocycles. The zero-order valence-electron chi connectivity index (χ0n) is 10.7. The number of aliphatic hydroxyl groups is 1. The lowest BCUT2D eigenvalue weighted by atomic mass is 10.0. The van der Waals surface area contributed by atoms with Gasteiger partial charge in [-0.15, -0.1) is 0 Å². The molecule has 0 amide bonds. The number of hydrogen-bond acceptors (Lipinski definition) is 5. The van der Waals surface area contributed by atoms with Crippen molar-refractivity contribution in [3.05, 3.63) is 27.9 Å². The molecule has 0 spiro atoms. The Morgan fingerprint density at radius 1 is 1.61 bits per heavy atom. The lowest BCUT2D eigenvalue weighted by Crippen LogP contribution is -2.15. The largest absolute Gasteiger partial charge is 0.396 e. The van der Waals surface area contributed by atoms with E-state index in [1.54, 1.807) is 13.0 Å². The van der Waals surface area contributed by atoms with Crippen LogP contribution >= 0.6 is 0 Å². The Morgan fingerprint density at radius 3 is 2.83 bits per heavy atom. The number of pyridine rings is 1. The van der Waals surface area contributed by atoms with Crippen LogP contribution in [-0.4, -0.2) is 28.2 Å². The van der Waals surface area contributed by atoms with Crippen molar-refractivity contribution in [3.63, 3.8) is 0 Å². The molecule has 0 saturated carbocycles. The van der Waals surface area contributed by atoms with E-state index in [4.69, 9.17) is 5.11 Å². The molecular formula is C12H19N3O3. The first-order valence-corrected chi connectivity index (χ1v) is 6.04. The van der Waals surface area contributed by atoms with Crippen molar-refractivity contribution < 1.29 is 10.0 Å². The number of anilines is 1. The number of nitrogens with zero attached hydrogens (tertiary/aromatic N) is 2. The minimum Gasteiger partial charge on any atom is -0.396 e. The van der Waals surface area contributed by atoms with Crippen LogP contribution in [0.2, 0.25) is 0 Å². The van der Waals surface area contributed by atoms with Gasteiger partial charge in [-0.25, -0.2) is 4.98 Å². The average molecular weight is 253 g/mol. The third-order valence-electron chi connectivity index (χ3n) is 2.97. The van der Waals surface area contributed by atoms with Crippen molar-refractivity contribution in [1.82, 2.24) is 4.98 Å². The van der Waals surface area contributed by atoms with Gasteiger partial charge >= 0.3 is 0 Å². The summed E-state index contributed by atoms with van der Waals surface area (Å²) in [6.45, 7) is 4.64. The Bertz CT molecular complexity index is 410. The monoisotopic (exact) mass is 253 g/mol. The number of nitrogens with one attached hydrogen (secondary N) is 1. The Morgan fingerprint density at radius 2 is 2.33 bits per heavy atom. The molecule has 100 valence electrons. The molecule has 2 N–H and O–H groups in total. The quantitative estimate of drug-likeness (QED) is 0.574. The van der Waals surface area contributed by atoms with Gasteiger partial charge < -0.3 is 10.4 Å². The predicted molar refractivity (Wildman–Crippen MR) is 69.6 cm³/mol. The third kappa shape index (κ3) is 3.96. The lowest BCUT2D eigenvalue weighted by Gasteiger charge is -2.14. The van der Waals surface area contributed by atoms with Crippen LogP contribution in [0.3, 0.4) is 0 Å². The van der Waals surface area contributed by atoms with Crippen molar-refractivity contribution in [1.29, 1.82) is 0 Å². The van der Waals surface area contributed by atoms with Crippen molar-refractivity contribution in [2.24, 2.45) is 5.92 Å². The van der Waals surface area contributed by atoms with Crippen LogP contribution in [0.25, 0.3) is 0 Å². The maximum Gasteiger partial charge on any atom is 0.290 e. The van der Waals surface area contributed by atoms with Gasteiger partial charge in [0.05, 0.1) is 4.92 Å². The van der Waals surface area contributed by atoms with Gasteiger partial charge in [0.1, 0.15) is 12.0 Å². The van der Waals surface area contributed by atoms with E-state index < -0.39 is 4.92 Å². The highest BCUT2D eigenvalue weighted by molar-refractivity contribution is 5.46. The lowest BCUT2D eigenvalue weighted by molar-refractivity contribution is -0.385. The second-order valence-corrected chi connectivity index (χ2v) is 4.28. The van der Waals surface area contributed by atoms with Crippen LogP contribution in [0.4, 0.5) is 11.5 Å². The normalized spacial score (nSPS) is 12.2. The molecule has 6 heteroatoms. The van der Waals surface area contributed by atoms with Crippen LogP contribution in [0.5, 0.6) is 0 Å². The highest BCUT2D eigenvalue weighted by Gasteiger charge is 2.12. The molecule has 18 heavy (non-hydrogen) atoms. The number of aryl methyl sites for hydroxylation is 1. The predicted octanol–water partition coefficient (Wildman–Crippen LogP) is 2.12. The maximum atomic E-state index is 10.6. The van der Waals surface area contributed by atoms with Crippen LogP contribution in [0, 0.1) is 23.0 Å². The smallest absolute Gasteiger partial charge is 0.290 e. The second-order valence-electron chi connectivity index (χ2n) is 4.28. The maximum absolute atomic E-state index is 10.6. The van der Waals surface area contributed by atoms with Gasteiger partial charge in [0.25, 0.3) is 5.69 Å². The van der Waals surface area contributed by atoms with Gasteiger partial charge in [0.2, 0.25) is 0 Å². The fraction of sp³-hybridized carbons (Fsp3) is 0.583. The van der Waals surface area contributed by atoms with Gasteiger partial charge in [-0.05, 0) is 25.3 Å². The zero-order chi connectivity index (χ0) is 13.5. The molecule has 1 aromatic heterocycles. The Kier molecular flexibility index (Phi) is 5.51. The van der Waals surface area contributed by atoms with E-state index in [-0.39, 0.29) is 12.3 Å². The summed E-state index contributed by atoms with van der Waals surface area (Å²) in [6, 6.07) is 1.67. The number of aromatic nitrogens is 1. The molecule has 0 aliphatic rings. The number of rotatable bonds is 7. The molecule has 1 unspecified atom stereocenters. The topological polar surface area (TPSA) is 88.3 Å². The van der Waals surface area contributed by atoms with Crippen molar-refractivity contribution in [3.8, 4) is 0 Å². The second kappa shape index (κ2) is 6.90. The standard InChI is InChI=1S/C12H19N3O3/c1-3-10(4-5-16)7-13-12-6-9(2)11(8-14-12)15(17)18/h6,8,10,16H,3-5,7H2,1-2H3,(H,13,14). The van der Waals surface area contributed by atoms with Crippen molar-refractivity contribution >= 4 is 11.5 Å². The van der Waals surface area contributed by atoms with Crippen LogP contribution in [0.1, 0.15) is 25.3 Å². The van der Waals surface area contributed by atoms with Crippen molar-refractivity contribution in [2.45, 2.75) is 26.7 Å². The van der Waals surface area contributed by atoms with Gasteiger partial charge in [-0.2, -0.15) is 0 Å². The van der Waals surface area contributed by atoms with E-state index in [0.29, 0.717) is 23.8 Å². The first-order valence-electron chi connectivity index (χ1n) is 6.04. The number of aliphatic hydroxyl groups excluding tert-OH is 1. The zero-order valence-corrected chi connectivity index (χ0v) is 10.7. The third-order valence-corrected chi connectivity index (χ3v) is 2.97. The summed E-state index contributed by atoms with van der Waals surface area (Å²) in [7, 11) is 0. The van der Waals surface area contributed by atoms with Crippen LogP contribution < -0.4 is 5.32 Å². The van der Waals surface area contributed by atoms with Crippen LogP contribution in [0.15, 0.2) is 12.3 Å². The van der Waals surface area contributed by atoms with E-state index in [9.17, 15) is 10.1 Å². The van der Waals surface area contributed by atoms with E-state index in [2.05, 4.69) is 17.2 Å². The van der Waals surface area contributed by atoms with Crippen LogP contribution in [-0.2, 0) is 0 Å². The summed E-state index contributed by atoms with van der Waals surface area (Å²) in [4.78, 5) is 14.2. The number of nitro groups is 1.